The minimum atomic E-state index is -0.423. The van der Waals surface area contributed by atoms with E-state index in [-0.39, 0.29) is 23.2 Å². The predicted molar refractivity (Wildman–Crippen MR) is 116 cm³/mol. The van der Waals surface area contributed by atoms with Crippen LogP contribution >= 0.6 is 11.8 Å². The second-order valence-electron chi connectivity index (χ2n) is 7.79. The third-order valence-corrected chi connectivity index (χ3v) is 6.85. The molecule has 1 unspecified atom stereocenters. The zero-order valence-electron chi connectivity index (χ0n) is 17.3. The molecule has 5 nitrogen and oxygen atoms in total. The minimum absolute atomic E-state index is 0.240. The molecule has 2 aromatic rings. The normalized spacial score (nSPS) is 19.2. The number of carbonyl (C=O) groups excluding carboxylic acids is 1. The van der Waals surface area contributed by atoms with Gasteiger partial charge in [-0.25, -0.2) is 4.39 Å². The zero-order chi connectivity index (χ0) is 21.1. The van der Waals surface area contributed by atoms with Gasteiger partial charge in [0, 0.05) is 11.0 Å². The summed E-state index contributed by atoms with van der Waals surface area (Å²) >= 11 is 1.33. The van der Waals surface area contributed by atoms with Gasteiger partial charge in [0.05, 0.1) is 37.5 Å². The molecule has 2 fully saturated rings. The lowest BCUT2D eigenvalue weighted by molar-refractivity contribution is -0.150. The minimum Gasteiger partial charge on any atom is -0.496 e. The third-order valence-electron chi connectivity index (χ3n) is 6.08. The number of rotatable bonds is 7. The van der Waals surface area contributed by atoms with Crippen LogP contribution in [0.15, 0.2) is 47.4 Å². The number of carbonyl (C=O) groups is 1. The highest BCUT2D eigenvalue weighted by molar-refractivity contribution is 7.98. The van der Waals surface area contributed by atoms with Crippen LogP contribution in [-0.4, -0.2) is 56.0 Å². The lowest BCUT2D eigenvalue weighted by Gasteiger charge is -2.53. The van der Waals surface area contributed by atoms with Crippen LogP contribution in [-0.2, 0) is 4.74 Å². The Balaban J connectivity index is 1.72. The maximum atomic E-state index is 14.0. The Morgan fingerprint density at radius 3 is 2.50 bits per heavy atom. The number of benzene rings is 2. The Kier molecular flexibility index (Phi) is 6.32. The average molecular weight is 431 g/mol. The number of amides is 1. The van der Waals surface area contributed by atoms with E-state index in [1.54, 1.807) is 0 Å². The summed E-state index contributed by atoms with van der Waals surface area (Å²) < 4.78 is 25.0. The molecule has 2 saturated heterocycles. The highest BCUT2D eigenvalue weighted by atomic mass is 32.2. The predicted octanol–water partition coefficient (Wildman–Crippen LogP) is 3.89. The number of hydrogen-bond donors (Lipinski definition) is 1. The number of likely N-dealkylation sites (tertiary alicyclic amines) is 1. The molecule has 1 N–H and O–H groups in total. The van der Waals surface area contributed by atoms with Gasteiger partial charge in [-0.15, -0.1) is 11.8 Å². The number of methoxy groups -OCH3 is 1. The molecule has 0 saturated carbocycles. The molecule has 0 radical (unpaired) electrons. The van der Waals surface area contributed by atoms with Crippen LogP contribution in [0, 0.1) is 5.82 Å². The van der Waals surface area contributed by atoms with Crippen molar-refractivity contribution in [1.82, 2.24) is 10.2 Å². The maximum Gasteiger partial charge on any atom is 0.256 e. The van der Waals surface area contributed by atoms with Crippen LogP contribution in [0.4, 0.5) is 4.39 Å². The van der Waals surface area contributed by atoms with Gasteiger partial charge < -0.3 is 14.8 Å². The summed E-state index contributed by atoms with van der Waals surface area (Å²) in [5.74, 6) is -0.451. The number of halogens is 1. The van der Waals surface area contributed by atoms with Crippen LogP contribution in [0.5, 0.6) is 5.75 Å². The van der Waals surface area contributed by atoms with Gasteiger partial charge in [-0.1, -0.05) is 30.3 Å². The van der Waals surface area contributed by atoms with Gasteiger partial charge in [-0.2, -0.15) is 0 Å². The van der Waals surface area contributed by atoms with E-state index >= 15 is 0 Å². The Hall–Kier alpha value is -2.09. The van der Waals surface area contributed by atoms with Crippen molar-refractivity contribution in [3.8, 4) is 5.75 Å². The number of thioether (sulfide) groups is 1. The standard InChI is InChI=1S/C23H27FN2O3S/c1-28-18-12-17(24)13-19(30-2)20(18)22(27)25-21(16-8-4-3-5-9-16)23(14-29-15-23)26-10-6-7-11-26/h3-5,8-9,12-13,21H,6-7,10-11,14-15H2,1-2H3,(H,25,27). The van der Waals surface area contributed by atoms with Crippen molar-refractivity contribution in [3.63, 3.8) is 0 Å². The molecule has 2 heterocycles. The van der Waals surface area contributed by atoms with Crippen LogP contribution in [0.2, 0.25) is 0 Å². The van der Waals surface area contributed by atoms with E-state index in [2.05, 4.69) is 10.2 Å². The van der Waals surface area contributed by atoms with Crippen molar-refractivity contribution in [2.24, 2.45) is 0 Å². The molecule has 1 amide bonds. The molecule has 0 spiro atoms. The Morgan fingerprint density at radius 1 is 1.23 bits per heavy atom. The van der Waals surface area contributed by atoms with Gasteiger partial charge in [0.1, 0.15) is 11.6 Å². The van der Waals surface area contributed by atoms with Gasteiger partial charge in [-0.05, 0) is 43.8 Å². The summed E-state index contributed by atoms with van der Waals surface area (Å²) in [6, 6.07) is 12.4. The summed E-state index contributed by atoms with van der Waals surface area (Å²) in [5, 5.41) is 3.26. The number of ether oxygens (including phenoxy) is 2. The fraction of sp³-hybridized carbons (Fsp3) is 0.435. The zero-order valence-corrected chi connectivity index (χ0v) is 18.1. The monoisotopic (exact) mass is 430 g/mol. The number of nitrogens with zero attached hydrogens (tertiary/aromatic N) is 1. The molecule has 30 heavy (non-hydrogen) atoms. The van der Waals surface area contributed by atoms with E-state index in [0.717, 1.165) is 31.5 Å². The van der Waals surface area contributed by atoms with E-state index in [4.69, 9.17) is 9.47 Å². The molecule has 1 atom stereocenters. The number of nitrogens with one attached hydrogen (secondary N) is 1. The topological polar surface area (TPSA) is 50.8 Å². The maximum absolute atomic E-state index is 14.0. The Bertz CT molecular complexity index is 874. The van der Waals surface area contributed by atoms with Crippen LogP contribution in [0.25, 0.3) is 0 Å². The first kappa shape index (κ1) is 21.2. The molecular formula is C23H27FN2O3S. The van der Waals surface area contributed by atoms with Gasteiger partial charge >= 0.3 is 0 Å². The first-order valence-electron chi connectivity index (χ1n) is 10.2. The quantitative estimate of drug-likeness (QED) is 0.676. The molecule has 7 heteroatoms. The first-order valence-corrected chi connectivity index (χ1v) is 11.4. The second kappa shape index (κ2) is 8.96. The Labute approximate surface area is 180 Å². The van der Waals surface area contributed by atoms with Crippen molar-refractivity contribution in [1.29, 1.82) is 0 Å². The van der Waals surface area contributed by atoms with E-state index < -0.39 is 5.82 Å². The van der Waals surface area contributed by atoms with E-state index in [1.165, 1.54) is 31.0 Å². The lowest BCUT2D eigenvalue weighted by atomic mass is 9.81. The molecule has 2 aromatic carbocycles. The van der Waals surface area contributed by atoms with Crippen LogP contribution in [0.1, 0.15) is 34.8 Å². The third kappa shape index (κ3) is 3.82. The fourth-order valence-electron chi connectivity index (χ4n) is 4.49. The molecule has 0 aliphatic carbocycles. The molecule has 0 bridgehead atoms. The molecule has 4 rings (SSSR count). The van der Waals surface area contributed by atoms with Crippen molar-refractivity contribution in [2.45, 2.75) is 29.3 Å². The number of hydrogen-bond acceptors (Lipinski definition) is 5. The van der Waals surface area contributed by atoms with Crippen LogP contribution < -0.4 is 10.1 Å². The van der Waals surface area contributed by atoms with E-state index in [9.17, 15) is 9.18 Å². The molecule has 0 aromatic heterocycles. The molecular weight excluding hydrogens is 403 g/mol. The van der Waals surface area contributed by atoms with Crippen molar-refractivity contribution in [3.05, 3.63) is 59.4 Å². The van der Waals surface area contributed by atoms with E-state index in [0.29, 0.717) is 23.7 Å². The second-order valence-corrected chi connectivity index (χ2v) is 8.64. The van der Waals surface area contributed by atoms with Crippen molar-refractivity contribution in [2.75, 3.05) is 39.7 Å². The van der Waals surface area contributed by atoms with Gasteiger partial charge in [-0.3, -0.25) is 9.69 Å². The first-order chi connectivity index (χ1) is 14.6. The van der Waals surface area contributed by atoms with Crippen LogP contribution in [0.3, 0.4) is 0 Å². The van der Waals surface area contributed by atoms with Gasteiger partial charge in [0.15, 0.2) is 0 Å². The van der Waals surface area contributed by atoms with Gasteiger partial charge in [0.25, 0.3) is 5.91 Å². The molecule has 2 aliphatic heterocycles. The smallest absolute Gasteiger partial charge is 0.256 e. The lowest BCUT2D eigenvalue weighted by Crippen LogP contribution is -2.67. The Morgan fingerprint density at radius 2 is 1.93 bits per heavy atom. The van der Waals surface area contributed by atoms with Crippen molar-refractivity contribution < 1.29 is 18.7 Å². The van der Waals surface area contributed by atoms with Gasteiger partial charge in [0.2, 0.25) is 0 Å². The van der Waals surface area contributed by atoms with E-state index in [1.807, 2.05) is 36.6 Å². The highest BCUT2D eigenvalue weighted by Gasteiger charge is 2.52. The SMILES string of the molecule is COc1cc(F)cc(SC)c1C(=O)NC(c1ccccc1)C1(N2CCCC2)COC1. The fourth-order valence-corrected chi connectivity index (χ4v) is 5.11. The highest BCUT2D eigenvalue weighted by Crippen LogP contribution is 2.40. The summed E-state index contributed by atoms with van der Waals surface area (Å²) in [5.41, 5.74) is 1.12. The largest absolute Gasteiger partial charge is 0.496 e. The molecule has 160 valence electrons. The summed E-state index contributed by atoms with van der Waals surface area (Å²) in [6.07, 6.45) is 4.13. The molecule has 2 aliphatic rings. The summed E-state index contributed by atoms with van der Waals surface area (Å²) in [7, 11) is 1.45. The summed E-state index contributed by atoms with van der Waals surface area (Å²) in [4.78, 5) is 16.5. The van der Waals surface area contributed by atoms with Crippen molar-refractivity contribution >= 4 is 17.7 Å². The summed E-state index contributed by atoms with van der Waals surface area (Å²) in [6.45, 7) is 3.14. The average Bonchev–Trinajstić information content (AvgIpc) is 3.26.